The molecule has 0 fully saturated rings. The molecule has 0 bridgehead atoms. The summed E-state index contributed by atoms with van der Waals surface area (Å²) >= 11 is 0. The highest BCUT2D eigenvalue weighted by Crippen LogP contribution is 2.37. The Morgan fingerprint density at radius 1 is 0.677 bits per heavy atom. The quantitative estimate of drug-likeness (QED) is 0.240. The van der Waals surface area contributed by atoms with Gasteiger partial charge in [0, 0.05) is 27.1 Å². The second kappa shape index (κ2) is 6.54. The van der Waals surface area contributed by atoms with Crippen LogP contribution in [0.15, 0.2) is 94.1 Å². The van der Waals surface area contributed by atoms with Gasteiger partial charge in [0.25, 0.3) is 0 Å². The van der Waals surface area contributed by atoms with Gasteiger partial charge in [-0.3, -0.25) is 0 Å². The highest BCUT2D eigenvalue weighted by Gasteiger charge is 2.19. The largest absolute Gasteiger partial charge is 0.422 e. The average molecular weight is 407 g/mol. The van der Waals surface area contributed by atoms with Gasteiger partial charge in [0.05, 0.1) is 22.1 Å². The lowest BCUT2D eigenvalue weighted by molar-refractivity contribution is -0.0424. The zero-order valence-corrected chi connectivity index (χ0v) is 16.3. The maximum absolute atomic E-state index is 12.8. The summed E-state index contributed by atoms with van der Waals surface area (Å²) in [6, 6.07) is 26.5. The maximum Gasteiger partial charge on any atom is 0.344 e. The normalized spacial score (nSPS) is 12.0. The van der Waals surface area contributed by atoms with Crippen LogP contribution in [0.3, 0.4) is 0 Å². The zero-order valence-electron chi connectivity index (χ0n) is 16.3. The van der Waals surface area contributed by atoms with Gasteiger partial charge in [0.2, 0.25) is 0 Å². The molecule has 5 nitrogen and oxygen atoms in total. The van der Waals surface area contributed by atoms with Crippen LogP contribution in [0, 0.1) is 0 Å². The van der Waals surface area contributed by atoms with E-state index in [-0.39, 0.29) is 0 Å². The number of aromatic nitrogens is 1. The number of nitrogens with zero attached hydrogens (tertiary/aromatic N) is 1. The van der Waals surface area contributed by atoms with Gasteiger partial charge in [-0.15, -0.1) is 0 Å². The van der Waals surface area contributed by atoms with Crippen molar-refractivity contribution >= 4 is 43.5 Å². The van der Waals surface area contributed by atoms with Crippen molar-refractivity contribution in [2.75, 3.05) is 0 Å². The smallest absolute Gasteiger partial charge is 0.344 e. The molecule has 2 aromatic heterocycles. The van der Waals surface area contributed by atoms with Crippen LogP contribution in [0.25, 0.3) is 49.2 Å². The van der Waals surface area contributed by atoms with Crippen LogP contribution in [-0.2, 0) is 0 Å². The summed E-state index contributed by atoms with van der Waals surface area (Å²) in [5.74, 6) is 0. The number of rotatable bonds is 2. The second-order valence-electron chi connectivity index (χ2n) is 7.59. The number of fused-ring (bicyclic) bond motifs is 6. The third-order valence-corrected chi connectivity index (χ3v) is 5.87. The van der Waals surface area contributed by atoms with Gasteiger partial charge in [0.1, 0.15) is 5.58 Å². The summed E-state index contributed by atoms with van der Waals surface area (Å²) in [5.41, 5.74) is 2.89. The fourth-order valence-corrected chi connectivity index (χ4v) is 4.51. The van der Waals surface area contributed by atoms with Crippen LogP contribution in [0.1, 0.15) is 11.9 Å². The maximum atomic E-state index is 12.8. The molecule has 6 aromatic rings. The van der Waals surface area contributed by atoms with Crippen LogP contribution in [0.2, 0.25) is 0 Å². The Kier molecular flexibility index (Phi) is 3.77. The Labute approximate surface area is 176 Å². The molecule has 2 heterocycles. The van der Waals surface area contributed by atoms with E-state index in [1.54, 1.807) is 18.2 Å². The molecule has 0 saturated heterocycles. The first-order chi connectivity index (χ1) is 15.1. The summed E-state index contributed by atoms with van der Waals surface area (Å²) in [6.07, 6.45) is -1.62. The molecule has 0 unspecified atom stereocenters. The lowest BCUT2D eigenvalue weighted by Gasteiger charge is -2.14. The summed E-state index contributed by atoms with van der Waals surface area (Å²) in [5, 5.41) is 24.1. The van der Waals surface area contributed by atoms with Crippen molar-refractivity contribution in [3.8, 4) is 5.69 Å². The van der Waals surface area contributed by atoms with E-state index < -0.39 is 11.9 Å². The van der Waals surface area contributed by atoms with Crippen molar-refractivity contribution in [2.24, 2.45) is 0 Å². The van der Waals surface area contributed by atoms with Crippen molar-refractivity contribution in [1.29, 1.82) is 0 Å². The molecule has 0 aliphatic rings. The highest BCUT2D eigenvalue weighted by atomic mass is 16.5. The lowest BCUT2D eigenvalue weighted by Crippen LogP contribution is -2.04. The van der Waals surface area contributed by atoms with Crippen LogP contribution >= 0.6 is 0 Å². The molecule has 0 aliphatic heterocycles. The molecule has 5 heteroatoms. The molecular formula is C26H17NO4. The number of aliphatic hydroxyl groups excluding tert-OH is 1. The predicted octanol–water partition coefficient (Wildman–Crippen LogP) is 5.03. The third-order valence-electron chi connectivity index (χ3n) is 5.87. The van der Waals surface area contributed by atoms with E-state index in [2.05, 4.69) is 0 Å². The van der Waals surface area contributed by atoms with E-state index in [4.69, 9.17) is 4.42 Å². The lowest BCUT2D eigenvalue weighted by atomic mass is 10.0. The first-order valence-corrected chi connectivity index (χ1v) is 9.98. The second-order valence-corrected chi connectivity index (χ2v) is 7.59. The molecule has 0 aliphatic carbocycles. The molecule has 0 atom stereocenters. The van der Waals surface area contributed by atoms with E-state index in [1.165, 1.54) is 0 Å². The Bertz CT molecular complexity index is 1690. The van der Waals surface area contributed by atoms with Crippen molar-refractivity contribution < 1.29 is 14.6 Å². The summed E-state index contributed by atoms with van der Waals surface area (Å²) in [4.78, 5) is 12.8. The average Bonchev–Trinajstić information content (AvgIpc) is 3.11. The molecule has 2 N–H and O–H groups in total. The fraction of sp³-hybridized carbons (Fsp3) is 0.0385. The van der Waals surface area contributed by atoms with Gasteiger partial charge in [0.15, 0.2) is 6.29 Å². The van der Waals surface area contributed by atoms with Crippen LogP contribution in [0.4, 0.5) is 0 Å². The molecule has 4 aromatic carbocycles. The van der Waals surface area contributed by atoms with Gasteiger partial charge in [-0.25, -0.2) is 4.79 Å². The summed E-state index contributed by atoms with van der Waals surface area (Å²) in [7, 11) is 0. The Balaban J connectivity index is 1.85. The van der Waals surface area contributed by atoms with Crippen molar-refractivity contribution in [3.05, 3.63) is 101 Å². The molecule has 31 heavy (non-hydrogen) atoms. The topological polar surface area (TPSA) is 75.6 Å². The fourth-order valence-electron chi connectivity index (χ4n) is 4.51. The molecule has 0 amide bonds. The van der Waals surface area contributed by atoms with E-state index >= 15 is 0 Å². The minimum Gasteiger partial charge on any atom is -0.422 e. The predicted molar refractivity (Wildman–Crippen MR) is 122 cm³/mol. The minimum atomic E-state index is -1.62. The van der Waals surface area contributed by atoms with E-state index in [9.17, 15) is 15.0 Å². The van der Waals surface area contributed by atoms with E-state index in [1.807, 2.05) is 71.3 Å². The molecule has 0 spiro atoms. The Hall–Kier alpha value is -3.93. The molecule has 0 saturated carbocycles. The zero-order chi connectivity index (χ0) is 21.1. The van der Waals surface area contributed by atoms with Crippen LogP contribution in [-0.4, -0.2) is 14.8 Å². The molecule has 6 rings (SSSR count). The van der Waals surface area contributed by atoms with Crippen LogP contribution < -0.4 is 5.63 Å². The van der Waals surface area contributed by atoms with Crippen molar-refractivity contribution in [1.82, 2.24) is 4.57 Å². The summed E-state index contributed by atoms with van der Waals surface area (Å²) < 4.78 is 7.53. The highest BCUT2D eigenvalue weighted by molar-refractivity contribution is 6.17. The third kappa shape index (κ3) is 2.54. The number of para-hydroxylation sites is 3. The monoisotopic (exact) mass is 407 g/mol. The summed E-state index contributed by atoms with van der Waals surface area (Å²) in [6.45, 7) is 0. The van der Waals surface area contributed by atoms with Gasteiger partial charge in [-0.1, -0.05) is 54.6 Å². The number of hydrogen-bond acceptors (Lipinski definition) is 4. The minimum absolute atomic E-state index is 0.385. The standard InChI is InChI=1S/C26H17NO4/c28-25(29)17-9-2-5-11-22(17)27-21-10-4-1-7-15(21)19-13-18-16-8-3-6-12-24(16)31-26(30)20(18)14-23(19)27/h1-14,25,28-29H. The first-order valence-electron chi connectivity index (χ1n) is 9.98. The van der Waals surface area contributed by atoms with Crippen LogP contribution in [0.5, 0.6) is 0 Å². The Morgan fingerprint density at radius 2 is 1.39 bits per heavy atom. The molecule has 150 valence electrons. The van der Waals surface area contributed by atoms with E-state index in [0.717, 1.165) is 32.6 Å². The number of benzene rings is 4. The van der Waals surface area contributed by atoms with Gasteiger partial charge >= 0.3 is 5.63 Å². The van der Waals surface area contributed by atoms with Gasteiger partial charge in [-0.05, 0) is 30.3 Å². The number of hydrogen-bond donors (Lipinski definition) is 2. The Morgan fingerprint density at radius 3 is 2.23 bits per heavy atom. The molecule has 0 radical (unpaired) electrons. The molecular weight excluding hydrogens is 390 g/mol. The van der Waals surface area contributed by atoms with Gasteiger partial charge in [-0.2, -0.15) is 0 Å². The van der Waals surface area contributed by atoms with Crippen molar-refractivity contribution in [3.63, 3.8) is 0 Å². The SMILES string of the molecule is O=c1oc2ccccc2c2cc3c4ccccc4n(-c4ccccc4C(O)O)c3cc12. The van der Waals surface area contributed by atoms with Gasteiger partial charge < -0.3 is 19.2 Å². The van der Waals surface area contributed by atoms with Crippen molar-refractivity contribution in [2.45, 2.75) is 6.29 Å². The first kappa shape index (κ1) is 17.9. The number of aliphatic hydroxyl groups is 2. The van der Waals surface area contributed by atoms with E-state index in [0.29, 0.717) is 22.2 Å².